The Morgan fingerprint density at radius 1 is 1.54 bits per heavy atom. The molecule has 0 aliphatic carbocycles. The maximum Gasteiger partial charge on any atom is 0.0984 e. The SMILES string of the molecule is COC(C)c1n[nH]c2c1CNCC2. The van der Waals surface area contributed by atoms with E-state index in [-0.39, 0.29) is 6.10 Å². The molecule has 4 nitrogen and oxygen atoms in total. The molecule has 0 saturated heterocycles. The molecule has 1 atom stereocenters. The molecule has 0 fully saturated rings. The van der Waals surface area contributed by atoms with Crippen molar-refractivity contribution in [3.8, 4) is 0 Å². The van der Waals surface area contributed by atoms with E-state index < -0.39 is 0 Å². The van der Waals surface area contributed by atoms with Crippen LogP contribution in [0, 0.1) is 0 Å². The zero-order valence-electron chi connectivity index (χ0n) is 8.05. The highest BCUT2D eigenvalue weighted by molar-refractivity contribution is 5.28. The summed E-state index contributed by atoms with van der Waals surface area (Å²) < 4.78 is 5.25. The number of hydrogen-bond donors (Lipinski definition) is 2. The van der Waals surface area contributed by atoms with Crippen LogP contribution in [0.3, 0.4) is 0 Å². The highest BCUT2D eigenvalue weighted by atomic mass is 16.5. The Bertz CT molecular complexity index is 295. The van der Waals surface area contributed by atoms with Gasteiger partial charge >= 0.3 is 0 Å². The van der Waals surface area contributed by atoms with Crippen LogP contribution in [0.15, 0.2) is 0 Å². The number of fused-ring (bicyclic) bond motifs is 1. The summed E-state index contributed by atoms with van der Waals surface area (Å²) in [6, 6.07) is 0. The third kappa shape index (κ3) is 1.47. The quantitative estimate of drug-likeness (QED) is 0.708. The number of aromatic nitrogens is 2. The van der Waals surface area contributed by atoms with Crippen molar-refractivity contribution in [3.63, 3.8) is 0 Å². The molecule has 1 aromatic rings. The predicted octanol–water partition coefficient (Wildman–Crippen LogP) is 0.763. The van der Waals surface area contributed by atoms with Crippen LogP contribution < -0.4 is 5.32 Å². The number of aromatic amines is 1. The fourth-order valence-electron chi connectivity index (χ4n) is 1.70. The van der Waals surface area contributed by atoms with Crippen molar-refractivity contribution in [1.82, 2.24) is 15.5 Å². The van der Waals surface area contributed by atoms with E-state index in [0.29, 0.717) is 0 Å². The fourth-order valence-corrected chi connectivity index (χ4v) is 1.70. The van der Waals surface area contributed by atoms with E-state index in [1.165, 1.54) is 11.3 Å². The molecule has 0 aromatic carbocycles. The molecule has 4 heteroatoms. The first-order chi connectivity index (χ1) is 6.33. The van der Waals surface area contributed by atoms with Gasteiger partial charge in [-0.15, -0.1) is 0 Å². The van der Waals surface area contributed by atoms with Gasteiger partial charge in [-0.05, 0) is 6.92 Å². The molecule has 1 unspecified atom stereocenters. The number of nitrogens with zero attached hydrogens (tertiary/aromatic N) is 1. The van der Waals surface area contributed by atoms with Gasteiger partial charge in [0, 0.05) is 37.9 Å². The minimum atomic E-state index is 0.0832. The summed E-state index contributed by atoms with van der Waals surface area (Å²) in [6.45, 7) is 3.97. The summed E-state index contributed by atoms with van der Waals surface area (Å²) in [5, 5.41) is 10.7. The van der Waals surface area contributed by atoms with Crippen LogP contribution in [0.4, 0.5) is 0 Å². The van der Waals surface area contributed by atoms with Crippen molar-refractivity contribution in [2.75, 3.05) is 13.7 Å². The highest BCUT2D eigenvalue weighted by Gasteiger charge is 2.19. The van der Waals surface area contributed by atoms with Gasteiger partial charge in [0.15, 0.2) is 0 Å². The Labute approximate surface area is 77.7 Å². The molecule has 13 heavy (non-hydrogen) atoms. The molecule has 2 rings (SSSR count). The molecule has 1 aliphatic rings. The zero-order valence-corrected chi connectivity index (χ0v) is 8.05. The lowest BCUT2D eigenvalue weighted by molar-refractivity contribution is 0.115. The van der Waals surface area contributed by atoms with E-state index in [0.717, 1.165) is 25.2 Å². The van der Waals surface area contributed by atoms with Crippen molar-refractivity contribution in [2.24, 2.45) is 0 Å². The standard InChI is InChI=1S/C9H15N3O/c1-6(13-2)9-7-5-10-4-3-8(7)11-12-9/h6,10H,3-5H2,1-2H3,(H,11,12). The van der Waals surface area contributed by atoms with Gasteiger partial charge < -0.3 is 10.1 Å². The summed E-state index contributed by atoms with van der Waals surface area (Å²) >= 11 is 0. The van der Waals surface area contributed by atoms with Crippen LogP contribution in [0.2, 0.25) is 0 Å². The monoisotopic (exact) mass is 181 g/mol. The number of methoxy groups -OCH3 is 1. The lowest BCUT2D eigenvalue weighted by Crippen LogP contribution is -2.24. The van der Waals surface area contributed by atoms with E-state index in [1.807, 2.05) is 6.92 Å². The summed E-state index contributed by atoms with van der Waals surface area (Å²) in [6.07, 6.45) is 1.12. The van der Waals surface area contributed by atoms with Crippen molar-refractivity contribution in [2.45, 2.75) is 26.0 Å². The molecule has 1 aromatic heterocycles. The van der Waals surface area contributed by atoms with E-state index in [4.69, 9.17) is 4.74 Å². The normalized spacial score (nSPS) is 18.3. The Morgan fingerprint density at radius 2 is 2.38 bits per heavy atom. The minimum Gasteiger partial charge on any atom is -0.375 e. The predicted molar refractivity (Wildman–Crippen MR) is 49.4 cm³/mol. The molecule has 2 heterocycles. The highest BCUT2D eigenvalue weighted by Crippen LogP contribution is 2.22. The molecule has 0 bridgehead atoms. The summed E-state index contributed by atoms with van der Waals surface area (Å²) in [5.41, 5.74) is 3.60. The smallest absolute Gasteiger partial charge is 0.0984 e. The van der Waals surface area contributed by atoms with Crippen LogP contribution >= 0.6 is 0 Å². The van der Waals surface area contributed by atoms with Crippen LogP contribution in [0.5, 0.6) is 0 Å². The second-order valence-corrected chi connectivity index (χ2v) is 3.37. The number of hydrogen-bond acceptors (Lipinski definition) is 3. The van der Waals surface area contributed by atoms with Crippen molar-refractivity contribution in [3.05, 3.63) is 17.0 Å². The topological polar surface area (TPSA) is 49.9 Å². The maximum atomic E-state index is 5.25. The minimum absolute atomic E-state index is 0.0832. The molecular formula is C9H15N3O. The van der Waals surface area contributed by atoms with Gasteiger partial charge in [-0.25, -0.2) is 0 Å². The van der Waals surface area contributed by atoms with Gasteiger partial charge in [-0.3, -0.25) is 5.10 Å². The number of H-pyrrole nitrogens is 1. The van der Waals surface area contributed by atoms with Gasteiger partial charge in [-0.2, -0.15) is 5.10 Å². The Kier molecular flexibility index (Phi) is 2.33. The Balaban J connectivity index is 2.31. The van der Waals surface area contributed by atoms with Gasteiger partial charge in [-0.1, -0.05) is 0 Å². The lowest BCUT2D eigenvalue weighted by atomic mass is 10.1. The molecular weight excluding hydrogens is 166 g/mol. The summed E-state index contributed by atoms with van der Waals surface area (Å²) in [4.78, 5) is 0. The molecule has 0 amide bonds. The first-order valence-electron chi connectivity index (χ1n) is 4.62. The lowest BCUT2D eigenvalue weighted by Gasteiger charge is -2.15. The van der Waals surface area contributed by atoms with Gasteiger partial charge in [0.1, 0.15) is 0 Å². The fraction of sp³-hybridized carbons (Fsp3) is 0.667. The van der Waals surface area contributed by atoms with Gasteiger partial charge in [0.25, 0.3) is 0 Å². The molecule has 1 aliphatic heterocycles. The molecule has 72 valence electrons. The first-order valence-corrected chi connectivity index (χ1v) is 4.62. The van der Waals surface area contributed by atoms with E-state index in [9.17, 15) is 0 Å². The first kappa shape index (κ1) is 8.72. The average molecular weight is 181 g/mol. The van der Waals surface area contributed by atoms with Crippen LogP contribution in [-0.4, -0.2) is 23.9 Å². The Morgan fingerprint density at radius 3 is 3.15 bits per heavy atom. The molecule has 0 radical (unpaired) electrons. The maximum absolute atomic E-state index is 5.25. The van der Waals surface area contributed by atoms with E-state index >= 15 is 0 Å². The average Bonchev–Trinajstić information content (AvgIpc) is 2.60. The third-order valence-electron chi connectivity index (χ3n) is 2.58. The summed E-state index contributed by atoms with van der Waals surface area (Å²) in [5.74, 6) is 0. The van der Waals surface area contributed by atoms with Gasteiger partial charge in [0.05, 0.1) is 11.8 Å². The van der Waals surface area contributed by atoms with Crippen molar-refractivity contribution in [1.29, 1.82) is 0 Å². The number of ether oxygens (including phenoxy) is 1. The van der Waals surface area contributed by atoms with Crippen molar-refractivity contribution >= 4 is 0 Å². The van der Waals surface area contributed by atoms with E-state index in [1.54, 1.807) is 7.11 Å². The molecule has 0 spiro atoms. The van der Waals surface area contributed by atoms with Crippen molar-refractivity contribution < 1.29 is 4.74 Å². The van der Waals surface area contributed by atoms with Crippen LogP contribution in [-0.2, 0) is 17.7 Å². The third-order valence-corrected chi connectivity index (χ3v) is 2.58. The summed E-state index contributed by atoms with van der Waals surface area (Å²) in [7, 11) is 1.71. The largest absolute Gasteiger partial charge is 0.375 e. The molecule has 0 saturated carbocycles. The van der Waals surface area contributed by atoms with E-state index in [2.05, 4.69) is 15.5 Å². The second kappa shape index (κ2) is 3.47. The van der Waals surface area contributed by atoms with Crippen LogP contribution in [0.1, 0.15) is 30.0 Å². The molecule has 2 N–H and O–H groups in total. The number of rotatable bonds is 2. The number of nitrogens with one attached hydrogen (secondary N) is 2. The Hall–Kier alpha value is -0.870. The second-order valence-electron chi connectivity index (χ2n) is 3.37. The van der Waals surface area contributed by atoms with Crippen LogP contribution in [0.25, 0.3) is 0 Å². The zero-order chi connectivity index (χ0) is 9.26. The van der Waals surface area contributed by atoms with Gasteiger partial charge in [0.2, 0.25) is 0 Å².